The van der Waals surface area contributed by atoms with Crippen molar-refractivity contribution < 1.29 is 9.90 Å². The van der Waals surface area contributed by atoms with Crippen molar-refractivity contribution in [2.75, 3.05) is 10.6 Å². The number of ketones is 1. The van der Waals surface area contributed by atoms with Crippen LogP contribution in [0.1, 0.15) is 35.9 Å². The molecule has 0 aromatic heterocycles. The van der Waals surface area contributed by atoms with Crippen LogP contribution in [-0.2, 0) is 4.79 Å². The quantitative estimate of drug-likeness (QED) is 0.477. The summed E-state index contributed by atoms with van der Waals surface area (Å²) in [6.45, 7) is 0. The number of rotatable bonds is 2. The van der Waals surface area contributed by atoms with E-state index < -0.39 is 0 Å². The van der Waals surface area contributed by atoms with Crippen molar-refractivity contribution in [3.8, 4) is 5.75 Å². The van der Waals surface area contributed by atoms with Crippen LogP contribution in [-0.4, -0.2) is 10.9 Å². The summed E-state index contributed by atoms with van der Waals surface area (Å²) in [5, 5.41) is 17.8. The lowest BCUT2D eigenvalue weighted by molar-refractivity contribution is -0.116. The van der Waals surface area contributed by atoms with Gasteiger partial charge in [0.1, 0.15) is 5.75 Å². The van der Waals surface area contributed by atoms with Crippen LogP contribution in [0.25, 0.3) is 0 Å². The highest BCUT2D eigenvalue weighted by molar-refractivity contribution is 6.31. The Morgan fingerprint density at radius 1 is 0.900 bits per heavy atom. The number of Topliss-reactive ketones (excluding diaryl/α,β-unsaturated/α-hetero) is 1. The van der Waals surface area contributed by atoms with E-state index in [-0.39, 0.29) is 23.5 Å². The molecule has 0 bridgehead atoms. The van der Waals surface area contributed by atoms with Gasteiger partial charge in [0, 0.05) is 22.7 Å². The minimum atomic E-state index is -0.344. The Kier molecular flexibility index (Phi) is 4.72. The Labute approximate surface area is 180 Å². The summed E-state index contributed by atoms with van der Waals surface area (Å²) < 4.78 is 0. The largest absolute Gasteiger partial charge is 0.508 e. The molecule has 5 heteroatoms. The smallest absolute Gasteiger partial charge is 0.163 e. The molecule has 0 spiro atoms. The molecule has 2 aliphatic rings. The van der Waals surface area contributed by atoms with Gasteiger partial charge in [-0.15, -0.1) is 0 Å². The van der Waals surface area contributed by atoms with Crippen molar-refractivity contribution >= 4 is 28.8 Å². The molecule has 0 fully saturated rings. The highest BCUT2D eigenvalue weighted by Gasteiger charge is 2.36. The van der Waals surface area contributed by atoms with Gasteiger partial charge in [0.2, 0.25) is 0 Å². The monoisotopic (exact) mass is 416 g/mol. The maximum Gasteiger partial charge on any atom is 0.163 e. The molecule has 1 aliphatic carbocycles. The number of carbonyl (C=O) groups is 1. The van der Waals surface area contributed by atoms with Crippen molar-refractivity contribution in [1.29, 1.82) is 0 Å². The van der Waals surface area contributed by atoms with Crippen LogP contribution in [0.2, 0.25) is 5.02 Å². The number of allylic oxidation sites excluding steroid dienone is 1. The molecule has 5 rings (SSSR count). The van der Waals surface area contributed by atoms with E-state index in [1.165, 1.54) is 0 Å². The molecule has 30 heavy (non-hydrogen) atoms. The van der Waals surface area contributed by atoms with Crippen LogP contribution < -0.4 is 10.6 Å². The minimum Gasteiger partial charge on any atom is -0.508 e. The van der Waals surface area contributed by atoms with Gasteiger partial charge in [-0.05, 0) is 53.8 Å². The molecule has 0 saturated heterocycles. The Morgan fingerprint density at radius 2 is 1.67 bits per heavy atom. The Morgan fingerprint density at radius 3 is 2.47 bits per heavy atom. The number of fused-ring (bicyclic) bond motifs is 1. The van der Waals surface area contributed by atoms with Gasteiger partial charge in [0.05, 0.1) is 17.4 Å². The molecule has 0 saturated carbocycles. The summed E-state index contributed by atoms with van der Waals surface area (Å²) in [6, 6.07) is 22.4. The summed E-state index contributed by atoms with van der Waals surface area (Å²) >= 11 is 6.45. The Hall–Kier alpha value is -3.24. The SMILES string of the molecule is O=C1C[C@H](c2ccccc2Cl)CC2=C1[C@@H](c1cccc(O)c1)Nc1ccccc1N2. The molecule has 0 radical (unpaired) electrons. The van der Waals surface area contributed by atoms with Gasteiger partial charge < -0.3 is 15.7 Å². The lowest BCUT2D eigenvalue weighted by atomic mass is 9.78. The van der Waals surface area contributed by atoms with Crippen LogP contribution in [0.15, 0.2) is 84.1 Å². The average Bonchev–Trinajstić information content (AvgIpc) is 2.91. The molecule has 3 aromatic rings. The van der Waals surface area contributed by atoms with Crippen LogP contribution >= 0.6 is 11.6 Å². The number of nitrogens with one attached hydrogen (secondary N) is 2. The second-order valence-corrected chi connectivity index (χ2v) is 8.19. The van der Waals surface area contributed by atoms with Crippen molar-refractivity contribution in [2.24, 2.45) is 0 Å². The van der Waals surface area contributed by atoms with Crippen LogP contribution in [0, 0.1) is 0 Å². The standard InChI is InChI=1S/C25H21ClN2O2/c26-19-9-2-1-8-18(19)16-13-22-24(23(30)14-16)25(15-6-5-7-17(29)12-15)28-21-11-4-3-10-20(21)27-22/h1-12,16,25,27-29H,13-14H2/t16-,25-/m1/s1. The van der Waals surface area contributed by atoms with E-state index in [0.29, 0.717) is 17.9 Å². The average molecular weight is 417 g/mol. The predicted molar refractivity (Wildman–Crippen MR) is 120 cm³/mol. The molecule has 0 amide bonds. The first-order chi connectivity index (χ1) is 14.6. The predicted octanol–water partition coefficient (Wildman–Crippen LogP) is 6.03. The number of halogens is 1. The second kappa shape index (κ2) is 7.54. The number of para-hydroxylation sites is 2. The van der Waals surface area contributed by atoms with Crippen molar-refractivity contribution in [2.45, 2.75) is 24.8 Å². The van der Waals surface area contributed by atoms with Gasteiger partial charge in [-0.2, -0.15) is 0 Å². The number of aromatic hydroxyl groups is 1. The maximum absolute atomic E-state index is 13.5. The summed E-state index contributed by atoms with van der Waals surface area (Å²) in [5.74, 6) is 0.286. The Bertz CT molecular complexity index is 1170. The van der Waals surface area contributed by atoms with Gasteiger partial charge in [0.15, 0.2) is 5.78 Å². The first-order valence-corrected chi connectivity index (χ1v) is 10.4. The molecular formula is C25H21ClN2O2. The zero-order valence-electron chi connectivity index (χ0n) is 16.2. The van der Waals surface area contributed by atoms with Crippen molar-refractivity contribution in [3.05, 3.63) is 100 Å². The summed E-state index contributed by atoms with van der Waals surface area (Å²) in [6.07, 6.45) is 1.09. The molecule has 2 atom stereocenters. The van der Waals surface area contributed by atoms with Crippen LogP contribution in [0.4, 0.5) is 11.4 Å². The number of phenolic OH excluding ortho intramolecular Hbond substituents is 1. The fourth-order valence-electron chi connectivity index (χ4n) is 4.47. The number of benzene rings is 3. The fraction of sp³-hybridized carbons (Fsp3) is 0.160. The van der Waals surface area contributed by atoms with E-state index in [9.17, 15) is 9.90 Å². The normalized spacial score (nSPS) is 20.5. The van der Waals surface area contributed by atoms with E-state index in [0.717, 1.165) is 33.8 Å². The van der Waals surface area contributed by atoms with Crippen molar-refractivity contribution in [1.82, 2.24) is 0 Å². The molecular weight excluding hydrogens is 396 g/mol. The molecule has 0 unspecified atom stereocenters. The molecule has 3 aromatic carbocycles. The number of hydrogen-bond acceptors (Lipinski definition) is 4. The number of carbonyl (C=O) groups excluding carboxylic acids is 1. The first-order valence-electron chi connectivity index (χ1n) is 10.0. The van der Waals surface area contributed by atoms with E-state index in [1.54, 1.807) is 18.2 Å². The van der Waals surface area contributed by atoms with Gasteiger partial charge in [0.25, 0.3) is 0 Å². The van der Waals surface area contributed by atoms with Crippen molar-refractivity contribution in [3.63, 3.8) is 0 Å². The van der Waals surface area contributed by atoms with Gasteiger partial charge in [-0.25, -0.2) is 0 Å². The zero-order valence-corrected chi connectivity index (χ0v) is 17.0. The van der Waals surface area contributed by atoms with Gasteiger partial charge in [-0.3, -0.25) is 4.79 Å². The number of anilines is 2. The first kappa shape index (κ1) is 18.8. The topological polar surface area (TPSA) is 61.4 Å². The third-order valence-corrected chi connectivity index (χ3v) is 6.20. The van der Waals surface area contributed by atoms with E-state index in [1.807, 2.05) is 54.6 Å². The highest BCUT2D eigenvalue weighted by Crippen LogP contribution is 2.45. The molecule has 1 aliphatic heterocycles. The van der Waals surface area contributed by atoms with Gasteiger partial charge in [-0.1, -0.05) is 54.1 Å². The molecule has 3 N–H and O–H groups in total. The molecule has 1 heterocycles. The zero-order chi connectivity index (χ0) is 20.7. The summed E-state index contributed by atoms with van der Waals surface area (Å²) in [5.41, 5.74) is 5.33. The third-order valence-electron chi connectivity index (χ3n) is 5.86. The second-order valence-electron chi connectivity index (χ2n) is 7.79. The number of phenols is 1. The third kappa shape index (κ3) is 3.33. The van der Waals surface area contributed by atoms with E-state index in [4.69, 9.17) is 11.6 Å². The Balaban J connectivity index is 1.63. The number of hydrogen-bond donors (Lipinski definition) is 3. The van der Waals surface area contributed by atoms with Crippen LogP contribution in [0.5, 0.6) is 5.75 Å². The van der Waals surface area contributed by atoms with Crippen LogP contribution in [0.3, 0.4) is 0 Å². The summed E-state index contributed by atoms with van der Waals surface area (Å²) in [7, 11) is 0. The van der Waals surface area contributed by atoms with E-state index in [2.05, 4.69) is 10.6 Å². The lowest BCUT2D eigenvalue weighted by Gasteiger charge is -2.30. The lowest BCUT2D eigenvalue weighted by Crippen LogP contribution is -2.27. The highest BCUT2D eigenvalue weighted by atomic mass is 35.5. The maximum atomic E-state index is 13.5. The molecule has 4 nitrogen and oxygen atoms in total. The molecule has 150 valence electrons. The minimum absolute atomic E-state index is 0.0209. The summed E-state index contributed by atoms with van der Waals surface area (Å²) in [4.78, 5) is 13.5. The van der Waals surface area contributed by atoms with E-state index >= 15 is 0 Å². The van der Waals surface area contributed by atoms with Gasteiger partial charge >= 0.3 is 0 Å². The fourth-order valence-corrected chi connectivity index (χ4v) is 4.76.